The van der Waals surface area contributed by atoms with Gasteiger partial charge in [-0.25, -0.2) is 9.78 Å². The molecule has 1 aliphatic carbocycles. The van der Waals surface area contributed by atoms with Crippen LogP contribution in [-0.4, -0.2) is 22.5 Å². The molecule has 34 heavy (non-hydrogen) atoms. The SMILES string of the molecule is O=C1OCc2ccc(-c3c[nH]c4ncc(-c5cc6c(c(C7CCCN7)c5)CCCC6)cc34)cc21. The van der Waals surface area contributed by atoms with E-state index in [4.69, 9.17) is 9.72 Å². The normalized spacial score (nSPS) is 19.3. The Morgan fingerprint density at radius 1 is 0.912 bits per heavy atom. The lowest BCUT2D eigenvalue weighted by Crippen LogP contribution is -2.17. The van der Waals surface area contributed by atoms with Crippen LogP contribution in [0.5, 0.6) is 0 Å². The number of H-pyrrole nitrogens is 1. The average molecular weight is 450 g/mol. The number of ether oxygens (including phenoxy) is 1. The smallest absolute Gasteiger partial charge is 0.338 e. The molecule has 4 aromatic rings. The van der Waals surface area contributed by atoms with Gasteiger partial charge in [0.05, 0.1) is 5.56 Å². The number of nitrogens with zero attached hydrogens (tertiary/aromatic N) is 1. The molecule has 2 aromatic heterocycles. The molecule has 3 aliphatic rings. The maximum atomic E-state index is 12.1. The lowest BCUT2D eigenvalue weighted by molar-refractivity contribution is 0.0535. The zero-order valence-corrected chi connectivity index (χ0v) is 19.1. The number of pyridine rings is 1. The van der Waals surface area contributed by atoms with E-state index in [-0.39, 0.29) is 5.97 Å². The fourth-order valence-electron chi connectivity index (χ4n) is 6.01. The predicted octanol–water partition coefficient (Wildman–Crippen LogP) is 5.87. The van der Waals surface area contributed by atoms with Crippen molar-refractivity contribution in [3.8, 4) is 22.3 Å². The van der Waals surface area contributed by atoms with E-state index in [2.05, 4.69) is 34.6 Å². The Morgan fingerprint density at radius 2 is 1.85 bits per heavy atom. The summed E-state index contributed by atoms with van der Waals surface area (Å²) in [5.74, 6) is -0.238. The Hall–Kier alpha value is -3.44. The molecule has 2 N–H and O–H groups in total. The van der Waals surface area contributed by atoms with Crippen molar-refractivity contribution in [2.75, 3.05) is 6.54 Å². The van der Waals surface area contributed by atoms with Gasteiger partial charge in [0.1, 0.15) is 12.3 Å². The number of hydrogen-bond acceptors (Lipinski definition) is 4. The Kier molecular flexibility index (Phi) is 4.59. The maximum Gasteiger partial charge on any atom is 0.338 e. The van der Waals surface area contributed by atoms with E-state index in [0.29, 0.717) is 18.2 Å². The summed E-state index contributed by atoms with van der Waals surface area (Å²) in [5, 5.41) is 4.79. The van der Waals surface area contributed by atoms with Crippen LogP contribution in [0.15, 0.2) is 48.8 Å². The van der Waals surface area contributed by atoms with E-state index >= 15 is 0 Å². The molecule has 1 unspecified atom stereocenters. The highest BCUT2D eigenvalue weighted by Gasteiger charge is 2.24. The van der Waals surface area contributed by atoms with E-state index in [0.717, 1.165) is 39.8 Å². The number of carbonyl (C=O) groups is 1. The molecule has 0 bridgehead atoms. The van der Waals surface area contributed by atoms with Crippen molar-refractivity contribution in [2.45, 2.75) is 51.2 Å². The molecule has 170 valence electrons. The van der Waals surface area contributed by atoms with Crippen molar-refractivity contribution in [3.05, 3.63) is 76.6 Å². The average Bonchev–Trinajstić information content (AvgIpc) is 3.63. The highest BCUT2D eigenvalue weighted by atomic mass is 16.5. The van der Waals surface area contributed by atoms with Gasteiger partial charge in [0, 0.05) is 40.5 Å². The highest BCUT2D eigenvalue weighted by Crippen LogP contribution is 2.38. The van der Waals surface area contributed by atoms with Crippen LogP contribution in [0.3, 0.4) is 0 Å². The van der Waals surface area contributed by atoms with Crippen LogP contribution >= 0.6 is 0 Å². The first-order valence-electron chi connectivity index (χ1n) is 12.4. The molecule has 1 saturated heterocycles. The van der Waals surface area contributed by atoms with Crippen molar-refractivity contribution in [2.24, 2.45) is 0 Å². The molecule has 7 rings (SSSR count). The Morgan fingerprint density at radius 3 is 2.76 bits per heavy atom. The first-order valence-corrected chi connectivity index (χ1v) is 12.4. The summed E-state index contributed by atoms with van der Waals surface area (Å²) in [4.78, 5) is 20.2. The summed E-state index contributed by atoms with van der Waals surface area (Å²) in [7, 11) is 0. The number of aromatic nitrogens is 2. The number of aromatic amines is 1. The molecule has 5 heteroatoms. The minimum absolute atomic E-state index is 0.238. The molecule has 0 amide bonds. The zero-order chi connectivity index (χ0) is 22.6. The van der Waals surface area contributed by atoms with Crippen molar-refractivity contribution in [3.63, 3.8) is 0 Å². The summed E-state index contributed by atoms with van der Waals surface area (Å²) in [5.41, 5.74) is 11.5. The second kappa shape index (κ2) is 7.81. The molecule has 5 nitrogen and oxygen atoms in total. The van der Waals surface area contributed by atoms with Gasteiger partial charge in [0.25, 0.3) is 0 Å². The molecule has 4 heterocycles. The standard InChI is InChI=1S/C29H27N3O2/c33-29-23-11-18(7-8-19(23)16-34-29)26-15-32-28-25(26)13-21(14-31-28)20-10-17-4-1-2-5-22(17)24(12-20)27-6-3-9-30-27/h7-8,10-15,27,30H,1-6,9,16H2,(H,31,32). The van der Waals surface area contributed by atoms with Crippen LogP contribution in [0.25, 0.3) is 33.3 Å². The first-order chi connectivity index (χ1) is 16.7. The van der Waals surface area contributed by atoms with Gasteiger partial charge < -0.3 is 15.0 Å². The number of rotatable bonds is 3. The number of carbonyl (C=O) groups excluding carboxylic acids is 1. The first kappa shape index (κ1) is 20.0. The predicted molar refractivity (Wildman–Crippen MR) is 133 cm³/mol. The number of benzene rings is 2. The topological polar surface area (TPSA) is 67.0 Å². The summed E-state index contributed by atoms with van der Waals surface area (Å²) < 4.78 is 5.19. The van der Waals surface area contributed by atoms with E-state index in [9.17, 15) is 4.79 Å². The molecular formula is C29H27N3O2. The lowest BCUT2D eigenvalue weighted by atomic mass is 9.83. The Balaban J connectivity index is 1.35. The van der Waals surface area contributed by atoms with Crippen molar-refractivity contribution < 1.29 is 9.53 Å². The van der Waals surface area contributed by atoms with Gasteiger partial charge in [-0.2, -0.15) is 0 Å². The summed E-state index contributed by atoms with van der Waals surface area (Å²) in [6.45, 7) is 1.47. The van der Waals surface area contributed by atoms with Crippen molar-refractivity contribution >= 4 is 17.0 Å². The van der Waals surface area contributed by atoms with E-state index < -0.39 is 0 Å². The van der Waals surface area contributed by atoms with Gasteiger partial charge in [0.2, 0.25) is 0 Å². The third-order valence-electron chi connectivity index (χ3n) is 7.80. The summed E-state index contributed by atoms with van der Waals surface area (Å²) >= 11 is 0. The van der Waals surface area contributed by atoms with Gasteiger partial charge in [0.15, 0.2) is 0 Å². The van der Waals surface area contributed by atoms with Crippen LogP contribution in [0.4, 0.5) is 0 Å². The molecule has 2 aromatic carbocycles. The highest BCUT2D eigenvalue weighted by molar-refractivity contribution is 5.99. The fraction of sp³-hybridized carbons (Fsp3) is 0.310. The summed E-state index contributed by atoms with van der Waals surface area (Å²) in [6, 6.07) is 13.5. The quantitative estimate of drug-likeness (QED) is 0.384. The second-order valence-electron chi connectivity index (χ2n) is 9.83. The van der Waals surface area contributed by atoms with Gasteiger partial charge >= 0.3 is 5.97 Å². The molecule has 2 aliphatic heterocycles. The molecule has 0 radical (unpaired) electrons. The van der Waals surface area contributed by atoms with E-state index in [1.807, 2.05) is 24.5 Å². The van der Waals surface area contributed by atoms with Crippen LogP contribution in [-0.2, 0) is 24.2 Å². The van der Waals surface area contributed by atoms with Crippen molar-refractivity contribution in [1.82, 2.24) is 15.3 Å². The zero-order valence-electron chi connectivity index (χ0n) is 19.1. The number of cyclic esters (lactones) is 1. The van der Waals surface area contributed by atoms with E-state index in [1.54, 1.807) is 5.56 Å². The largest absolute Gasteiger partial charge is 0.457 e. The number of nitrogens with one attached hydrogen (secondary N) is 2. The maximum absolute atomic E-state index is 12.1. The number of esters is 1. The van der Waals surface area contributed by atoms with Gasteiger partial charge in [-0.3, -0.25) is 0 Å². The minimum Gasteiger partial charge on any atom is -0.457 e. The Labute approximate surface area is 198 Å². The van der Waals surface area contributed by atoms with Crippen LogP contribution in [0, 0.1) is 0 Å². The van der Waals surface area contributed by atoms with E-state index in [1.165, 1.54) is 55.2 Å². The summed E-state index contributed by atoms with van der Waals surface area (Å²) in [6.07, 6.45) is 11.4. The molecular weight excluding hydrogens is 422 g/mol. The lowest BCUT2D eigenvalue weighted by Gasteiger charge is -2.24. The fourth-order valence-corrected chi connectivity index (χ4v) is 6.01. The van der Waals surface area contributed by atoms with Crippen LogP contribution in [0.1, 0.15) is 64.3 Å². The Bertz CT molecular complexity index is 1450. The number of hydrogen-bond donors (Lipinski definition) is 2. The number of aryl methyl sites for hydroxylation is 1. The monoisotopic (exact) mass is 449 g/mol. The third kappa shape index (κ3) is 3.18. The van der Waals surface area contributed by atoms with Gasteiger partial charge in [-0.1, -0.05) is 18.2 Å². The minimum atomic E-state index is -0.238. The van der Waals surface area contributed by atoms with Crippen molar-refractivity contribution in [1.29, 1.82) is 0 Å². The second-order valence-corrected chi connectivity index (χ2v) is 9.83. The molecule has 0 spiro atoms. The van der Waals surface area contributed by atoms with Crippen LogP contribution < -0.4 is 5.32 Å². The third-order valence-corrected chi connectivity index (χ3v) is 7.80. The molecule has 1 atom stereocenters. The molecule has 0 saturated carbocycles. The van der Waals surface area contributed by atoms with Gasteiger partial charge in [-0.15, -0.1) is 0 Å². The molecule has 1 fully saturated rings. The van der Waals surface area contributed by atoms with Crippen LogP contribution in [0.2, 0.25) is 0 Å². The van der Waals surface area contributed by atoms with Gasteiger partial charge in [-0.05, 0) is 91.1 Å². The number of fused-ring (bicyclic) bond motifs is 3.